The minimum absolute atomic E-state index is 0.0345. The van der Waals surface area contributed by atoms with Crippen molar-refractivity contribution in [1.29, 1.82) is 0 Å². The van der Waals surface area contributed by atoms with E-state index < -0.39 is 18.2 Å². The van der Waals surface area contributed by atoms with Crippen LogP contribution >= 0.6 is 0 Å². The quantitative estimate of drug-likeness (QED) is 0.0668. The van der Waals surface area contributed by atoms with E-state index in [1.165, 1.54) is 6.42 Å². The number of aliphatic imine (C=N–C) groups is 1. The SMILES string of the molecule is CC(C)C[C@H](NC(=O)[C@H](CCCN=C(N)N[N+](=O)[O-])NCc1cccc2ccccc12)B1O[C@@H]2C[C@@H]3C[C@@H](C3(C)C)[C@]2(C)O1. The van der Waals surface area contributed by atoms with Gasteiger partial charge < -0.3 is 25.7 Å². The lowest BCUT2D eigenvalue weighted by Gasteiger charge is -2.64. The van der Waals surface area contributed by atoms with E-state index in [2.05, 4.69) is 74.5 Å². The number of hydrogen-bond donors (Lipinski definition) is 4. The first-order chi connectivity index (χ1) is 20.9. The van der Waals surface area contributed by atoms with Crippen LogP contribution in [0.2, 0.25) is 0 Å². The molecule has 12 heteroatoms. The molecule has 4 fully saturated rings. The zero-order chi connectivity index (χ0) is 31.6. The summed E-state index contributed by atoms with van der Waals surface area (Å²) in [6.07, 6.45) is 3.88. The molecule has 6 atom stereocenters. The predicted molar refractivity (Wildman–Crippen MR) is 172 cm³/mol. The van der Waals surface area contributed by atoms with Crippen molar-refractivity contribution in [3.8, 4) is 0 Å². The van der Waals surface area contributed by atoms with E-state index in [0.717, 1.165) is 29.2 Å². The lowest BCUT2D eigenvalue weighted by molar-refractivity contribution is -0.525. The highest BCUT2D eigenvalue weighted by Gasteiger charge is 2.68. The van der Waals surface area contributed by atoms with E-state index in [-0.39, 0.29) is 41.5 Å². The second-order valence-corrected chi connectivity index (χ2v) is 13.9. The van der Waals surface area contributed by atoms with Crippen molar-refractivity contribution >= 4 is 29.8 Å². The highest BCUT2D eigenvalue weighted by atomic mass is 16.7. The Bertz CT molecular complexity index is 1380. The molecule has 2 aromatic carbocycles. The number of nitrogens with one attached hydrogen (secondary N) is 3. The molecule has 1 heterocycles. The first-order valence-electron chi connectivity index (χ1n) is 15.9. The van der Waals surface area contributed by atoms with Crippen LogP contribution in [-0.4, -0.2) is 54.3 Å². The van der Waals surface area contributed by atoms with Gasteiger partial charge in [-0.25, -0.2) is 15.1 Å². The van der Waals surface area contributed by atoms with Gasteiger partial charge >= 0.3 is 7.12 Å². The summed E-state index contributed by atoms with van der Waals surface area (Å²) >= 11 is 0. The predicted octanol–water partition coefficient (Wildman–Crippen LogP) is 3.97. The molecule has 5 N–H and O–H groups in total. The number of amides is 1. The van der Waals surface area contributed by atoms with E-state index in [9.17, 15) is 14.9 Å². The Balaban J connectivity index is 1.30. The number of carbonyl (C=O) groups is 1. The molecule has 2 bridgehead atoms. The molecular weight excluding hydrogens is 559 g/mol. The number of hydrogen-bond acceptors (Lipinski definition) is 7. The zero-order valence-electron chi connectivity index (χ0n) is 26.5. The molecule has 1 saturated heterocycles. The van der Waals surface area contributed by atoms with Crippen molar-refractivity contribution in [3.05, 3.63) is 58.1 Å². The Labute approximate surface area is 260 Å². The third kappa shape index (κ3) is 6.72. The van der Waals surface area contributed by atoms with Gasteiger partial charge in [-0.2, -0.15) is 0 Å². The van der Waals surface area contributed by atoms with Gasteiger partial charge in [-0.15, -0.1) is 0 Å². The summed E-state index contributed by atoms with van der Waals surface area (Å²) in [7, 11) is -0.511. The number of benzene rings is 2. The van der Waals surface area contributed by atoms with Crippen LogP contribution in [0, 0.1) is 33.3 Å². The minimum Gasteiger partial charge on any atom is -0.404 e. The topological polar surface area (TPSA) is 153 Å². The van der Waals surface area contributed by atoms with Crippen molar-refractivity contribution in [2.75, 3.05) is 6.54 Å². The lowest BCUT2D eigenvalue weighted by Crippen LogP contribution is -2.65. The third-order valence-corrected chi connectivity index (χ3v) is 10.2. The van der Waals surface area contributed by atoms with E-state index in [4.69, 9.17) is 15.0 Å². The molecule has 0 radical (unpaired) electrons. The molecule has 11 nitrogen and oxygen atoms in total. The molecule has 4 aliphatic rings. The molecule has 0 aromatic heterocycles. The number of fused-ring (bicyclic) bond motifs is 1. The Kier molecular flexibility index (Phi) is 9.53. The fourth-order valence-electron chi connectivity index (χ4n) is 7.73. The Morgan fingerprint density at radius 3 is 2.66 bits per heavy atom. The maximum absolute atomic E-state index is 14.0. The summed E-state index contributed by atoms with van der Waals surface area (Å²) < 4.78 is 13.4. The second-order valence-electron chi connectivity index (χ2n) is 13.9. The first kappa shape index (κ1) is 32.2. The lowest BCUT2D eigenvalue weighted by atomic mass is 9.43. The average molecular weight is 607 g/mol. The van der Waals surface area contributed by atoms with Crippen molar-refractivity contribution in [3.63, 3.8) is 0 Å². The molecule has 1 amide bonds. The van der Waals surface area contributed by atoms with Gasteiger partial charge in [-0.05, 0) is 78.5 Å². The normalized spacial score (nSPS) is 27.0. The highest BCUT2D eigenvalue weighted by Crippen LogP contribution is 2.65. The number of carbonyl (C=O) groups excluding carboxylic acids is 1. The number of guanidine groups is 1. The molecule has 3 aliphatic carbocycles. The largest absolute Gasteiger partial charge is 0.481 e. The fraction of sp³-hybridized carbons (Fsp3) is 0.625. The summed E-state index contributed by atoms with van der Waals surface area (Å²) in [5.41, 5.74) is 8.41. The fourth-order valence-corrected chi connectivity index (χ4v) is 7.73. The molecule has 44 heavy (non-hydrogen) atoms. The monoisotopic (exact) mass is 606 g/mol. The summed E-state index contributed by atoms with van der Waals surface area (Å²) in [5, 5.41) is 19.0. The molecule has 238 valence electrons. The number of nitrogens with two attached hydrogens (primary N) is 1. The number of nitro groups is 1. The molecule has 0 unspecified atom stereocenters. The molecule has 3 saturated carbocycles. The second kappa shape index (κ2) is 13.0. The average Bonchev–Trinajstić information content (AvgIpc) is 3.33. The summed E-state index contributed by atoms with van der Waals surface area (Å²) in [4.78, 5) is 28.7. The van der Waals surface area contributed by atoms with Crippen molar-refractivity contribution in [2.45, 2.75) is 97.0 Å². The highest BCUT2D eigenvalue weighted by molar-refractivity contribution is 6.47. The van der Waals surface area contributed by atoms with Gasteiger partial charge in [-0.3, -0.25) is 4.79 Å². The summed E-state index contributed by atoms with van der Waals surface area (Å²) in [6.45, 7) is 11.9. The van der Waals surface area contributed by atoms with Crippen molar-refractivity contribution in [2.24, 2.45) is 33.9 Å². The molecule has 0 spiro atoms. The maximum atomic E-state index is 14.0. The molecule has 2 aromatic rings. The van der Waals surface area contributed by atoms with Gasteiger partial charge in [0.2, 0.25) is 5.91 Å². The van der Waals surface area contributed by atoms with Crippen LogP contribution in [0.5, 0.6) is 0 Å². The third-order valence-electron chi connectivity index (χ3n) is 10.2. The van der Waals surface area contributed by atoms with Crippen LogP contribution in [0.25, 0.3) is 10.8 Å². The smallest absolute Gasteiger partial charge is 0.404 e. The molecular formula is C32H47BN6O5. The van der Waals surface area contributed by atoms with Gasteiger partial charge in [-0.1, -0.05) is 75.6 Å². The van der Waals surface area contributed by atoms with Gasteiger partial charge in [0.25, 0.3) is 5.96 Å². The Hall–Kier alpha value is -3.22. The number of hydrazine groups is 1. The van der Waals surface area contributed by atoms with Crippen LogP contribution in [0.4, 0.5) is 0 Å². The van der Waals surface area contributed by atoms with Crippen LogP contribution in [0.1, 0.15) is 72.3 Å². The van der Waals surface area contributed by atoms with Gasteiger partial charge in [0.05, 0.1) is 23.7 Å². The number of rotatable bonds is 13. The summed E-state index contributed by atoms with van der Waals surface area (Å²) in [6, 6.07) is 13.8. The molecule has 1 aliphatic heterocycles. The van der Waals surface area contributed by atoms with E-state index >= 15 is 0 Å². The van der Waals surface area contributed by atoms with Gasteiger partial charge in [0, 0.05) is 13.1 Å². The van der Waals surface area contributed by atoms with Gasteiger partial charge in [0.1, 0.15) is 0 Å². The maximum Gasteiger partial charge on any atom is 0.481 e. The number of nitrogens with zero attached hydrogens (tertiary/aromatic N) is 2. The molecule has 6 rings (SSSR count). The van der Waals surface area contributed by atoms with Crippen LogP contribution in [0.15, 0.2) is 47.5 Å². The summed E-state index contributed by atoms with van der Waals surface area (Å²) in [5.74, 6) is 0.709. The first-order valence-corrected chi connectivity index (χ1v) is 15.9. The van der Waals surface area contributed by atoms with Crippen LogP contribution in [0.3, 0.4) is 0 Å². The van der Waals surface area contributed by atoms with E-state index in [1.54, 1.807) is 0 Å². The van der Waals surface area contributed by atoms with Crippen LogP contribution in [-0.2, 0) is 20.6 Å². The van der Waals surface area contributed by atoms with Crippen LogP contribution < -0.4 is 21.8 Å². The van der Waals surface area contributed by atoms with Gasteiger partial charge in [0.15, 0.2) is 5.03 Å². The Morgan fingerprint density at radius 2 is 1.93 bits per heavy atom. The Morgan fingerprint density at radius 1 is 1.18 bits per heavy atom. The standard InChI is InChI=1S/C32H47BN6O5/c1-20(2)16-28(33-43-27-18-23-17-26(31(23,3)4)32(27,5)44-33)37-29(40)25(14-9-15-35-30(34)38-39(41)42)36-19-22-12-8-11-21-10-6-7-13-24(21)22/h6-8,10-13,20,23,25-28,36H,9,14-19H2,1-5H3,(H,37,40)(H3,34,35,38)/t23-,25-,26-,27+,28-,32-/m0/s1. The van der Waals surface area contributed by atoms with E-state index in [1.807, 2.05) is 23.6 Å². The van der Waals surface area contributed by atoms with Crippen molar-refractivity contribution in [1.82, 2.24) is 16.1 Å². The van der Waals surface area contributed by atoms with Crippen molar-refractivity contribution < 1.29 is 19.1 Å². The minimum atomic E-state index is -0.746. The zero-order valence-corrected chi connectivity index (χ0v) is 26.5. The van der Waals surface area contributed by atoms with E-state index in [0.29, 0.717) is 37.1 Å².